The first-order chi connectivity index (χ1) is 7.22. The summed E-state index contributed by atoms with van der Waals surface area (Å²) in [5.74, 6) is -0.359. The lowest BCUT2D eigenvalue weighted by Crippen LogP contribution is -1.98. The molecule has 0 aliphatic rings. The van der Waals surface area contributed by atoms with Crippen LogP contribution in [0.4, 0.5) is 0 Å². The van der Waals surface area contributed by atoms with E-state index in [0.29, 0.717) is 26.6 Å². The number of carbonyl (C=O) groups excluding carboxylic acids is 1. The molecule has 0 aromatic carbocycles. The van der Waals surface area contributed by atoms with Crippen molar-refractivity contribution in [1.82, 2.24) is 0 Å². The van der Waals surface area contributed by atoms with Crippen LogP contribution in [0.3, 0.4) is 0 Å². The zero-order valence-corrected chi connectivity index (χ0v) is 9.53. The molecule has 0 heterocycles. The number of rotatable bonds is 7. The summed E-state index contributed by atoms with van der Waals surface area (Å²) >= 11 is 0. The van der Waals surface area contributed by atoms with Crippen LogP contribution in [0.1, 0.15) is 13.8 Å². The van der Waals surface area contributed by atoms with Gasteiger partial charge in [0.1, 0.15) is 6.79 Å². The van der Waals surface area contributed by atoms with Crippen molar-refractivity contribution in [3.8, 4) is 0 Å². The van der Waals surface area contributed by atoms with Gasteiger partial charge in [-0.2, -0.15) is 0 Å². The molecule has 0 aromatic rings. The van der Waals surface area contributed by atoms with Gasteiger partial charge in [0.2, 0.25) is 0 Å². The Morgan fingerprint density at radius 2 is 1.87 bits per heavy atom. The number of carbonyl (C=O) groups is 1. The first-order valence-electron chi connectivity index (χ1n) is 4.78. The van der Waals surface area contributed by atoms with E-state index in [-0.39, 0.29) is 5.97 Å². The van der Waals surface area contributed by atoms with E-state index in [1.165, 1.54) is 0 Å². The molecule has 0 aliphatic carbocycles. The van der Waals surface area contributed by atoms with Crippen molar-refractivity contribution in [3.05, 3.63) is 25.3 Å². The highest BCUT2D eigenvalue weighted by atomic mass is 16.7. The highest BCUT2D eigenvalue weighted by Gasteiger charge is 1.86. The van der Waals surface area contributed by atoms with E-state index in [2.05, 4.69) is 17.9 Å². The molecule has 0 saturated heterocycles. The fraction of sp³-hybridized carbons (Fsp3) is 0.545. The molecular formula is C11H20O4. The average molecular weight is 216 g/mol. The Balaban J connectivity index is 0. The van der Waals surface area contributed by atoms with Crippen LogP contribution in [-0.4, -0.2) is 32.6 Å². The fourth-order valence-corrected chi connectivity index (χ4v) is 0.475. The molecule has 0 spiro atoms. The summed E-state index contributed by atoms with van der Waals surface area (Å²) in [6.07, 6.45) is 2.84. The maximum atomic E-state index is 10.1. The summed E-state index contributed by atoms with van der Waals surface area (Å²) in [4.78, 5) is 10.1. The molecule has 88 valence electrons. The maximum absolute atomic E-state index is 10.1. The summed E-state index contributed by atoms with van der Waals surface area (Å²) in [7, 11) is 0. The minimum Gasteiger partial charge on any atom is -0.463 e. The van der Waals surface area contributed by atoms with E-state index in [9.17, 15) is 4.79 Å². The predicted octanol–water partition coefficient (Wildman–Crippen LogP) is 1.92. The van der Waals surface area contributed by atoms with Crippen LogP contribution >= 0.6 is 0 Å². The maximum Gasteiger partial charge on any atom is 0.330 e. The van der Waals surface area contributed by atoms with E-state index in [1.54, 1.807) is 13.0 Å². The molecule has 0 unspecified atom stereocenters. The molecule has 0 saturated carbocycles. The van der Waals surface area contributed by atoms with Gasteiger partial charge in [-0.25, -0.2) is 4.79 Å². The summed E-state index contributed by atoms with van der Waals surface area (Å²) in [5, 5.41) is 0. The third-order valence-electron chi connectivity index (χ3n) is 1.06. The van der Waals surface area contributed by atoms with Crippen molar-refractivity contribution in [1.29, 1.82) is 0 Å². The normalized spacial score (nSPS) is 8.40. The molecule has 0 rings (SSSR count). The third-order valence-corrected chi connectivity index (χ3v) is 1.06. The molecule has 0 aromatic heterocycles. The molecule has 0 atom stereocenters. The summed E-state index contributed by atoms with van der Waals surface area (Å²) in [6, 6.07) is 0. The van der Waals surface area contributed by atoms with Gasteiger partial charge >= 0.3 is 5.97 Å². The van der Waals surface area contributed by atoms with Crippen molar-refractivity contribution in [2.75, 3.05) is 26.6 Å². The summed E-state index contributed by atoms with van der Waals surface area (Å²) < 4.78 is 14.2. The Bertz CT molecular complexity index is 166. The van der Waals surface area contributed by atoms with E-state index >= 15 is 0 Å². The zero-order valence-electron chi connectivity index (χ0n) is 9.53. The second kappa shape index (κ2) is 15.3. The molecule has 0 amide bonds. The lowest BCUT2D eigenvalue weighted by Gasteiger charge is -1.98. The quantitative estimate of drug-likeness (QED) is 0.214. The Morgan fingerprint density at radius 3 is 2.20 bits per heavy atom. The van der Waals surface area contributed by atoms with Crippen LogP contribution in [0.15, 0.2) is 25.3 Å². The average Bonchev–Trinajstić information content (AvgIpc) is 2.26. The van der Waals surface area contributed by atoms with Crippen molar-refractivity contribution in [2.45, 2.75) is 13.8 Å². The van der Waals surface area contributed by atoms with Crippen LogP contribution in [0, 0.1) is 0 Å². The van der Waals surface area contributed by atoms with E-state index in [1.807, 2.05) is 6.92 Å². The first-order valence-corrected chi connectivity index (χ1v) is 4.78. The first kappa shape index (κ1) is 16.3. The molecule has 0 aliphatic heterocycles. The van der Waals surface area contributed by atoms with Crippen LogP contribution < -0.4 is 0 Å². The molecule has 4 nitrogen and oxygen atoms in total. The van der Waals surface area contributed by atoms with Crippen LogP contribution in [0.25, 0.3) is 0 Å². The Labute approximate surface area is 91.5 Å². The van der Waals surface area contributed by atoms with E-state index < -0.39 is 0 Å². The van der Waals surface area contributed by atoms with Gasteiger partial charge in [0, 0.05) is 12.7 Å². The molecule has 0 N–H and O–H groups in total. The van der Waals surface area contributed by atoms with E-state index in [4.69, 9.17) is 9.47 Å². The molecule has 15 heavy (non-hydrogen) atoms. The van der Waals surface area contributed by atoms with E-state index in [0.717, 1.165) is 6.08 Å². The standard InChI is InChI=1S/C6H12O2.C5H8O2/c1-3-5-8-6-7-4-2;1-3-5(6)7-4-2/h3H,1,4-6H2,2H3;3H,1,4H2,2H3. The summed E-state index contributed by atoms with van der Waals surface area (Å²) in [6.45, 7) is 12.4. The minimum atomic E-state index is -0.359. The van der Waals surface area contributed by atoms with Crippen LogP contribution in [-0.2, 0) is 19.0 Å². The zero-order chi connectivity index (χ0) is 11.9. The van der Waals surface area contributed by atoms with Gasteiger partial charge in [-0.15, -0.1) is 6.58 Å². The molecule has 0 radical (unpaired) electrons. The Kier molecular flexibility index (Phi) is 16.7. The van der Waals surface area contributed by atoms with Crippen molar-refractivity contribution in [2.24, 2.45) is 0 Å². The number of ether oxygens (including phenoxy) is 3. The SMILES string of the molecule is C=CC(=O)OCC.C=CCOCOCC. The molecular weight excluding hydrogens is 196 g/mol. The van der Waals surface area contributed by atoms with Gasteiger partial charge in [-0.1, -0.05) is 12.7 Å². The number of hydrogen-bond donors (Lipinski definition) is 0. The molecule has 4 heteroatoms. The van der Waals surface area contributed by atoms with Crippen LogP contribution in [0.5, 0.6) is 0 Å². The smallest absolute Gasteiger partial charge is 0.330 e. The fourth-order valence-electron chi connectivity index (χ4n) is 0.475. The topological polar surface area (TPSA) is 44.8 Å². The minimum absolute atomic E-state index is 0.359. The number of hydrogen-bond acceptors (Lipinski definition) is 4. The molecule has 0 fully saturated rings. The largest absolute Gasteiger partial charge is 0.463 e. The highest BCUT2D eigenvalue weighted by Crippen LogP contribution is 1.76. The monoisotopic (exact) mass is 216 g/mol. The lowest BCUT2D eigenvalue weighted by molar-refractivity contribution is -0.137. The van der Waals surface area contributed by atoms with Crippen molar-refractivity contribution < 1.29 is 19.0 Å². The summed E-state index contributed by atoms with van der Waals surface area (Å²) in [5.41, 5.74) is 0. The third kappa shape index (κ3) is 19.3. The second-order valence-electron chi connectivity index (χ2n) is 2.23. The lowest BCUT2D eigenvalue weighted by atomic mass is 10.6. The highest BCUT2D eigenvalue weighted by molar-refractivity contribution is 5.81. The van der Waals surface area contributed by atoms with Gasteiger partial charge < -0.3 is 14.2 Å². The van der Waals surface area contributed by atoms with Crippen molar-refractivity contribution >= 4 is 5.97 Å². The molecule has 0 bridgehead atoms. The Hall–Kier alpha value is -1.13. The van der Waals surface area contributed by atoms with Gasteiger partial charge in [0.05, 0.1) is 13.2 Å². The van der Waals surface area contributed by atoms with Gasteiger partial charge in [-0.05, 0) is 13.8 Å². The Morgan fingerprint density at radius 1 is 1.20 bits per heavy atom. The van der Waals surface area contributed by atoms with Gasteiger partial charge in [0.25, 0.3) is 0 Å². The number of esters is 1. The van der Waals surface area contributed by atoms with Crippen molar-refractivity contribution in [3.63, 3.8) is 0 Å². The second-order valence-corrected chi connectivity index (χ2v) is 2.23. The predicted molar refractivity (Wildman–Crippen MR) is 59.5 cm³/mol. The van der Waals surface area contributed by atoms with Gasteiger partial charge in [0.15, 0.2) is 0 Å². The van der Waals surface area contributed by atoms with Crippen LogP contribution in [0.2, 0.25) is 0 Å². The van der Waals surface area contributed by atoms with Gasteiger partial charge in [-0.3, -0.25) is 0 Å².